The Morgan fingerprint density at radius 2 is 1.70 bits per heavy atom. The van der Waals surface area contributed by atoms with Gasteiger partial charge in [-0.2, -0.15) is 4.98 Å². The first-order chi connectivity index (χ1) is 20.8. The number of halogens is 1. The van der Waals surface area contributed by atoms with Crippen molar-refractivity contribution in [1.82, 2.24) is 15.0 Å². The van der Waals surface area contributed by atoms with Crippen LogP contribution in [0, 0.1) is 0 Å². The summed E-state index contributed by atoms with van der Waals surface area (Å²) >= 11 is 6.85. The molecule has 0 spiro atoms. The molecular weight excluding hydrogens is 586 g/mol. The van der Waals surface area contributed by atoms with Crippen LogP contribution in [-0.2, 0) is 23.7 Å². The van der Waals surface area contributed by atoms with E-state index in [1.165, 1.54) is 0 Å². The monoisotopic (exact) mass is 621 g/mol. The van der Waals surface area contributed by atoms with Crippen molar-refractivity contribution in [2.45, 2.75) is 56.2 Å². The van der Waals surface area contributed by atoms with Crippen LogP contribution in [0.5, 0.6) is 6.01 Å². The number of fused-ring (bicyclic) bond motifs is 2. The molecule has 2 aliphatic rings. The summed E-state index contributed by atoms with van der Waals surface area (Å²) in [5, 5.41) is 0.478. The highest BCUT2D eigenvalue weighted by atomic mass is 35.5. The van der Waals surface area contributed by atoms with Crippen LogP contribution in [0.3, 0.4) is 0 Å². The molecular formula is C32H36ClN3O6Si. The number of aromatic amines is 1. The van der Waals surface area contributed by atoms with E-state index in [2.05, 4.69) is 66.0 Å². The van der Waals surface area contributed by atoms with Crippen LogP contribution in [-0.4, -0.2) is 80.2 Å². The van der Waals surface area contributed by atoms with Crippen molar-refractivity contribution >= 4 is 37.1 Å². The highest BCUT2D eigenvalue weighted by Crippen LogP contribution is 2.35. The van der Waals surface area contributed by atoms with Crippen LogP contribution < -0.4 is 4.74 Å². The second-order valence-electron chi connectivity index (χ2n) is 12.1. The molecule has 9 nitrogen and oxygen atoms in total. The second kappa shape index (κ2) is 12.9. The van der Waals surface area contributed by atoms with Crippen molar-refractivity contribution in [3.05, 3.63) is 76.9 Å². The van der Waals surface area contributed by atoms with Gasteiger partial charge in [0.05, 0.1) is 29.4 Å². The Kier molecular flexibility index (Phi) is 8.94. The van der Waals surface area contributed by atoms with Crippen molar-refractivity contribution < 1.29 is 28.5 Å². The predicted octanol–water partition coefficient (Wildman–Crippen LogP) is 5.85. The van der Waals surface area contributed by atoms with Crippen LogP contribution in [0.2, 0.25) is 30.7 Å². The van der Waals surface area contributed by atoms with Crippen LogP contribution in [0.4, 0.5) is 0 Å². The van der Waals surface area contributed by atoms with Crippen molar-refractivity contribution in [2.75, 3.05) is 26.4 Å². The Morgan fingerprint density at radius 3 is 2.42 bits per heavy atom. The lowest BCUT2D eigenvalue weighted by molar-refractivity contribution is -0.116. The molecule has 1 unspecified atom stereocenters. The van der Waals surface area contributed by atoms with E-state index >= 15 is 0 Å². The molecule has 4 heterocycles. The van der Waals surface area contributed by atoms with E-state index in [1.807, 2.05) is 24.3 Å². The minimum atomic E-state index is -1.33. The second-order valence-corrected chi connectivity index (χ2v) is 18.1. The Hall–Kier alpha value is -3.12. The first kappa shape index (κ1) is 29.9. The number of hydrogen-bond acceptors (Lipinski definition) is 8. The summed E-state index contributed by atoms with van der Waals surface area (Å²) in [5.74, 6) is 0. The van der Waals surface area contributed by atoms with E-state index in [0.29, 0.717) is 47.7 Å². The number of rotatable bonds is 12. The van der Waals surface area contributed by atoms with Gasteiger partial charge >= 0.3 is 0 Å². The van der Waals surface area contributed by atoms with Gasteiger partial charge in [-0.3, -0.25) is 0 Å². The molecule has 0 amide bonds. The Bertz CT molecular complexity index is 1540. The maximum absolute atomic E-state index is 10.7. The molecule has 0 bridgehead atoms. The molecule has 0 aliphatic carbocycles. The van der Waals surface area contributed by atoms with E-state index in [4.69, 9.17) is 40.3 Å². The lowest BCUT2D eigenvalue weighted by atomic mass is 10.00. The van der Waals surface area contributed by atoms with Crippen molar-refractivity contribution in [2.24, 2.45) is 0 Å². The van der Waals surface area contributed by atoms with E-state index in [9.17, 15) is 4.79 Å². The van der Waals surface area contributed by atoms with Gasteiger partial charge in [-0.1, -0.05) is 85.8 Å². The van der Waals surface area contributed by atoms with Crippen LogP contribution in [0.25, 0.3) is 22.3 Å². The molecule has 226 valence electrons. The summed E-state index contributed by atoms with van der Waals surface area (Å²) < 4.78 is 30.0. The molecule has 1 N–H and O–H groups in total. The molecule has 2 aromatic carbocycles. The molecule has 2 saturated heterocycles. The fourth-order valence-corrected chi connectivity index (χ4v) is 6.41. The molecule has 2 fully saturated rings. The number of hydrogen-bond donors (Lipinski definition) is 1. The smallest absolute Gasteiger partial charge is 0.296 e. The number of carbonyl (C=O) groups excluding carboxylic acids is 1. The number of nitrogens with one attached hydrogen (secondary N) is 1. The predicted molar refractivity (Wildman–Crippen MR) is 166 cm³/mol. The fraction of sp³-hybridized carbons (Fsp3) is 0.406. The molecule has 4 aromatic rings. The van der Waals surface area contributed by atoms with Gasteiger partial charge in [0.1, 0.15) is 37.3 Å². The van der Waals surface area contributed by atoms with Crippen molar-refractivity contribution in [3.63, 3.8) is 0 Å². The third kappa shape index (κ3) is 6.85. The molecule has 2 aliphatic heterocycles. The zero-order chi connectivity index (χ0) is 30.0. The minimum absolute atomic E-state index is 0.00445. The fourth-order valence-electron chi connectivity index (χ4n) is 5.43. The van der Waals surface area contributed by atoms with Gasteiger partial charge in [0.25, 0.3) is 6.01 Å². The van der Waals surface area contributed by atoms with E-state index in [1.54, 1.807) is 0 Å². The van der Waals surface area contributed by atoms with Crippen molar-refractivity contribution in [3.8, 4) is 17.1 Å². The van der Waals surface area contributed by atoms with Gasteiger partial charge in [0, 0.05) is 14.7 Å². The van der Waals surface area contributed by atoms with Crippen LogP contribution in [0.1, 0.15) is 17.4 Å². The maximum atomic E-state index is 10.7. The van der Waals surface area contributed by atoms with Gasteiger partial charge in [-0.15, -0.1) is 0 Å². The molecule has 11 heteroatoms. The Labute approximate surface area is 256 Å². The summed E-state index contributed by atoms with van der Waals surface area (Å²) in [4.78, 5) is 23.4. The number of nitrogens with zero attached hydrogens (tertiary/aromatic N) is 2. The number of benzene rings is 2. The topological polar surface area (TPSA) is 105 Å². The highest BCUT2D eigenvalue weighted by molar-refractivity contribution is 6.76. The Morgan fingerprint density at radius 1 is 1.00 bits per heavy atom. The van der Waals surface area contributed by atoms with Crippen LogP contribution >= 0.6 is 11.6 Å². The number of carbonyl (C=O) groups is 1. The zero-order valence-electron chi connectivity index (χ0n) is 24.5. The first-order valence-corrected chi connectivity index (χ1v) is 18.7. The number of H-pyrrole nitrogens is 1. The SMILES string of the molecule is C[Si](C)(C)CCOC(c1ccc(-c2ccccc2)cc1)c1nc2nc(O[C@@H]3CO[C@H]4[C@H]3OC[C@H]4OCC=O)[nH]c2cc1Cl. The van der Waals surface area contributed by atoms with Gasteiger partial charge in [-0.25, -0.2) is 4.98 Å². The van der Waals surface area contributed by atoms with Gasteiger partial charge in [0.2, 0.25) is 0 Å². The average molecular weight is 622 g/mol. The lowest BCUT2D eigenvalue weighted by Gasteiger charge is -2.22. The number of aromatic nitrogens is 3. The lowest BCUT2D eigenvalue weighted by Crippen LogP contribution is -2.35. The molecule has 0 saturated carbocycles. The largest absolute Gasteiger partial charge is 0.456 e. The van der Waals surface area contributed by atoms with Gasteiger partial charge in [0.15, 0.2) is 11.8 Å². The quantitative estimate of drug-likeness (QED) is 0.155. The first-order valence-electron chi connectivity index (χ1n) is 14.6. The average Bonchev–Trinajstić information content (AvgIpc) is 3.70. The summed E-state index contributed by atoms with van der Waals surface area (Å²) in [6, 6.07) is 21.8. The maximum Gasteiger partial charge on any atom is 0.296 e. The summed E-state index contributed by atoms with van der Waals surface area (Å²) in [7, 11) is -1.33. The van der Waals surface area contributed by atoms with Crippen LogP contribution in [0.15, 0.2) is 60.7 Å². The summed E-state index contributed by atoms with van der Waals surface area (Å²) in [5.41, 5.74) is 4.98. The minimum Gasteiger partial charge on any atom is -0.456 e. The van der Waals surface area contributed by atoms with E-state index < -0.39 is 14.2 Å². The standard InChI is InChI=1S/C32H36ClN3O6Si/c1-43(2,3)16-15-39-28(22-11-9-21(10-12-22)20-7-5-4-6-8-20)27-23(33)17-24-31(35-27)36-32(34-24)42-26-19-41-29-25(38-14-13-37)18-40-30(26)29/h4-13,17,25-26,28-30H,14-16,18-19H2,1-3H3,(H,34,35,36)/t25-,26-,28?,29-,30+/m1/s1. The number of imidazole rings is 1. The molecule has 6 rings (SSSR count). The molecule has 5 atom stereocenters. The van der Waals surface area contributed by atoms with E-state index in [-0.39, 0.29) is 31.0 Å². The number of aldehydes is 1. The summed E-state index contributed by atoms with van der Waals surface area (Å²) in [6.45, 7) is 8.26. The normalized spacial score (nSPS) is 22.5. The van der Waals surface area contributed by atoms with E-state index in [0.717, 1.165) is 29.0 Å². The van der Waals surface area contributed by atoms with Crippen molar-refractivity contribution in [1.29, 1.82) is 0 Å². The zero-order valence-corrected chi connectivity index (χ0v) is 26.3. The molecule has 0 radical (unpaired) electrons. The highest BCUT2D eigenvalue weighted by Gasteiger charge is 2.49. The number of ether oxygens (including phenoxy) is 5. The Balaban J connectivity index is 1.24. The third-order valence-corrected chi connectivity index (χ3v) is 9.75. The number of pyridine rings is 1. The summed E-state index contributed by atoms with van der Waals surface area (Å²) in [6.07, 6.45) is -1.04. The van der Waals surface area contributed by atoms with Gasteiger partial charge in [-0.05, 0) is 28.8 Å². The third-order valence-electron chi connectivity index (χ3n) is 7.74. The molecule has 2 aromatic heterocycles. The molecule has 43 heavy (non-hydrogen) atoms. The van der Waals surface area contributed by atoms with Gasteiger partial charge < -0.3 is 33.5 Å².